The Morgan fingerprint density at radius 3 is 2.76 bits per heavy atom. The number of ether oxygens (including phenoxy) is 1. The highest BCUT2D eigenvalue weighted by molar-refractivity contribution is 7.99. The summed E-state index contributed by atoms with van der Waals surface area (Å²) in [5.41, 5.74) is 0.200. The van der Waals surface area contributed by atoms with Gasteiger partial charge in [0.25, 0.3) is 0 Å². The van der Waals surface area contributed by atoms with Gasteiger partial charge in [-0.15, -0.1) is 0 Å². The minimum absolute atomic E-state index is 0.0564. The molecule has 1 heterocycles. The molecule has 1 aromatic rings. The number of rotatable bonds is 6. The fourth-order valence-electron chi connectivity index (χ4n) is 2.51. The van der Waals surface area contributed by atoms with Crippen molar-refractivity contribution in [1.29, 1.82) is 0 Å². The first-order valence-electron chi connectivity index (χ1n) is 7.14. The van der Waals surface area contributed by atoms with Crippen LogP contribution in [0.25, 0.3) is 0 Å². The van der Waals surface area contributed by atoms with E-state index in [1.54, 1.807) is 19.1 Å². The molecule has 1 fully saturated rings. The second-order valence-corrected chi connectivity index (χ2v) is 6.25. The molecule has 114 valence electrons. The van der Waals surface area contributed by atoms with Crippen LogP contribution < -0.4 is 4.74 Å². The molecule has 0 spiro atoms. The van der Waals surface area contributed by atoms with Gasteiger partial charge in [0, 0.05) is 12.5 Å². The smallest absolute Gasteiger partial charge is 0.311 e. The number of carbonyl (C=O) groups excluding carboxylic acids is 1. The van der Waals surface area contributed by atoms with Crippen molar-refractivity contribution in [2.45, 2.75) is 26.2 Å². The highest BCUT2D eigenvalue weighted by atomic mass is 32.2. The van der Waals surface area contributed by atoms with Gasteiger partial charge in [0.1, 0.15) is 0 Å². The Balaban J connectivity index is 2.22. The number of nitrogens with zero attached hydrogens (tertiary/aromatic N) is 1. The van der Waals surface area contributed by atoms with Gasteiger partial charge >= 0.3 is 5.69 Å². The van der Waals surface area contributed by atoms with Crippen LogP contribution in [0, 0.1) is 16.0 Å². The molecule has 0 saturated carbocycles. The van der Waals surface area contributed by atoms with E-state index < -0.39 is 4.92 Å². The zero-order valence-corrected chi connectivity index (χ0v) is 12.9. The number of nitro benzene ring substituents is 1. The third kappa shape index (κ3) is 3.97. The molecule has 0 atom stereocenters. The van der Waals surface area contributed by atoms with Crippen LogP contribution >= 0.6 is 11.8 Å². The third-order valence-electron chi connectivity index (χ3n) is 3.59. The Labute approximate surface area is 128 Å². The summed E-state index contributed by atoms with van der Waals surface area (Å²) >= 11 is 1.91. The topological polar surface area (TPSA) is 69.4 Å². The summed E-state index contributed by atoms with van der Waals surface area (Å²) in [5, 5.41) is 11.1. The molecule has 0 N–H and O–H groups in total. The molecule has 5 nitrogen and oxygen atoms in total. The van der Waals surface area contributed by atoms with E-state index in [2.05, 4.69) is 0 Å². The van der Waals surface area contributed by atoms with Crippen LogP contribution in [0.2, 0.25) is 0 Å². The molecule has 0 aliphatic carbocycles. The van der Waals surface area contributed by atoms with E-state index in [9.17, 15) is 14.9 Å². The second-order valence-electron chi connectivity index (χ2n) is 5.03. The number of hydrogen-bond acceptors (Lipinski definition) is 5. The molecule has 1 saturated heterocycles. The lowest BCUT2D eigenvalue weighted by Gasteiger charge is -2.20. The van der Waals surface area contributed by atoms with Crippen LogP contribution in [0.3, 0.4) is 0 Å². The van der Waals surface area contributed by atoms with E-state index in [1.807, 2.05) is 11.8 Å². The molecule has 1 aliphatic rings. The first kappa shape index (κ1) is 15.8. The van der Waals surface area contributed by atoms with Gasteiger partial charge in [0.15, 0.2) is 5.78 Å². The molecule has 0 bridgehead atoms. The first-order valence-corrected chi connectivity index (χ1v) is 8.30. The molecule has 0 amide bonds. The van der Waals surface area contributed by atoms with Crippen molar-refractivity contribution in [1.82, 2.24) is 0 Å². The summed E-state index contributed by atoms with van der Waals surface area (Å²) < 4.78 is 5.37. The maximum atomic E-state index is 12.5. The molecule has 1 aromatic carbocycles. The summed E-state index contributed by atoms with van der Waals surface area (Å²) in [4.78, 5) is 23.0. The Bertz CT molecular complexity index is 526. The molecule has 2 rings (SSSR count). The minimum Gasteiger partial charge on any atom is -0.487 e. The zero-order valence-electron chi connectivity index (χ0n) is 12.0. The predicted octanol–water partition coefficient (Wildman–Crippen LogP) is 3.71. The predicted molar refractivity (Wildman–Crippen MR) is 83.3 cm³/mol. The summed E-state index contributed by atoms with van der Waals surface area (Å²) in [5.74, 6) is 2.61. The van der Waals surface area contributed by atoms with Crippen molar-refractivity contribution < 1.29 is 14.5 Å². The molecular formula is C15H19NO4S. The number of benzene rings is 1. The molecule has 0 aromatic heterocycles. The molecule has 1 aliphatic heterocycles. The van der Waals surface area contributed by atoms with E-state index in [0.717, 1.165) is 24.3 Å². The summed E-state index contributed by atoms with van der Waals surface area (Å²) in [6.45, 7) is 2.05. The highest BCUT2D eigenvalue weighted by Gasteiger charge is 2.25. The van der Waals surface area contributed by atoms with E-state index in [-0.39, 0.29) is 17.2 Å². The first-order chi connectivity index (χ1) is 10.1. The molecule has 0 radical (unpaired) electrons. The molecule has 6 heteroatoms. The molecule has 21 heavy (non-hydrogen) atoms. The van der Waals surface area contributed by atoms with Crippen molar-refractivity contribution in [3.8, 4) is 5.75 Å². The zero-order chi connectivity index (χ0) is 15.2. The van der Waals surface area contributed by atoms with Gasteiger partial charge in [-0.2, -0.15) is 11.8 Å². The van der Waals surface area contributed by atoms with Gasteiger partial charge in [0.05, 0.1) is 17.1 Å². The third-order valence-corrected chi connectivity index (χ3v) is 4.64. The van der Waals surface area contributed by atoms with Gasteiger partial charge in [-0.25, -0.2) is 0 Å². The number of thioether (sulfide) groups is 1. The van der Waals surface area contributed by atoms with Crippen LogP contribution in [0.5, 0.6) is 5.75 Å². The Morgan fingerprint density at radius 1 is 1.43 bits per heavy atom. The number of Topliss-reactive ketones (excluding diaryl/α,β-unsaturated/α-hetero) is 1. The van der Waals surface area contributed by atoms with E-state index in [0.29, 0.717) is 24.5 Å². The van der Waals surface area contributed by atoms with Crippen molar-refractivity contribution >= 4 is 23.2 Å². The number of ketones is 1. The summed E-state index contributed by atoms with van der Waals surface area (Å²) in [6.07, 6.45) is 2.52. The Kier molecular flexibility index (Phi) is 5.61. The van der Waals surface area contributed by atoms with Gasteiger partial charge in [0.2, 0.25) is 5.75 Å². The van der Waals surface area contributed by atoms with Crippen LogP contribution in [-0.4, -0.2) is 28.8 Å². The lowest BCUT2D eigenvalue weighted by atomic mass is 9.93. The molecular weight excluding hydrogens is 290 g/mol. The highest BCUT2D eigenvalue weighted by Crippen LogP contribution is 2.34. The van der Waals surface area contributed by atoms with Crippen LogP contribution in [0.15, 0.2) is 18.2 Å². The quantitative estimate of drug-likeness (QED) is 0.455. The van der Waals surface area contributed by atoms with Crippen molar-refractivity contribution in [2.75, 3.05) is 18.1 Å². The molecule has 0 unspecified atom stereocenters. The largest absolute Gasteiger partial charge is 0.487 e. The van der Waals surface area contributed by atoms with E-state index in [1.165, 1.54) is 6.07 Å². The van der Waals surface area contributed by atoms with Crippen LogP contribution in [0.4, 0.5) is 5.69 Å². The normalized spacial score (nSPS) is 15.7. The second kappa shape index (κ2) is 7.45. The van der Waals surface area contributed by atoms with E-state index in [4.69, 9.17) is 4.74 Å². The fourth-order valence-corrected chi connectivity index (χ4v) is 3.71. The summed E-state index contributed by atoms with van der Waals surface area (Å²) in [6, 6.07) is 4.54. The van der Waals surface area contributed by atoms with Gasteiger partial charge in [-0.05, 0) is 43.3 Å². The minimum atomic E-state index is -0.501. The fraction of sp³-hybridized carbons (Fsp3) is 0.533. The van der Waals surface area contributed by atoms with Gasteiger partial charge in [-0.1, -0.05) is 6.07 Å². The standard InChI is InChI=1S/C15H19NO4S/c1-2-20-15-12(4-3-5-13(15)16(18)19)14(17)10-11-6-8-21-9-7-11/h3-5,11H,2,6-10H2,1H3. The SMILES string of the molecule is CCOc1c(C(=O)CC2CCSCC2)cccc1[N+](=O)[O-]. The van der Waals surface area contributed by atoms with Gasteiger partial charge in [-0.3, -0.25) is 14.9 Å². The maximum absolute atomic E-state index is 12.5. The van der Waals surface area contributed by atoms with Crippen LogP contribution in [0.1, 0.15) is 36.5 Å². The van der Waals surface area contributed by atoms with Crippen LogP contribution in [-0.2, 0) is 0 Å². The number of hydrogen-bond donors (Lipinski definition) is 0. The Morgan fingerprint density at radius 2 is 2.14 bits per heavy atom. The lowest BCUT2D eigenvalue weighted by Crippen LogP contribution is -2.15. The van der Waals surface area contributed by atoms with E-state index >= 15 is 0 Å². The Hall–Kier alpha value is -1.56. The van der Waals surface area contributed by atoms with Crippen molar-refractivity contribution in [3.05, 3.63) is 33.9 Å². The number of carbonyl (C=O) groups is 1. The average Bonchev–Trinajstić information content (AvgIpc) is 2.48. The monoisotopic (exact) mass is 309 g/mol. The average molecular weight is 309 g/mol. The maximum Gasteiger partial charge on any atom is 0.311 e. The lowest BCUT2D eigenvalue weighted by molar-refractivity contribution is -0.385. The number of nitro groups is 1. The summed E-state index contributed by atoms with van der Waals surface area (Å²) in [7, 11) is 0. The van der Waals surface area contributed by atoms with Crippen molar-refractivity contribution in [2.24, 2.45) is 5.92 Å². The number of para-hydroxylation sites is 1. The van der Waals surface area contributed by atoms with Gasteiger partial charge < -0.3 is 4.74 Å². The van der Waals surface area contributed by atoms with Crippen molar-refractivity contribution in [3.63, 3.8) is 0 Å².